The Bertz CT molecular complexity index is 1450. The molecule has 38 heavy (non-hydrogen) atoms. The van der Waals surface area contributed by atoms with Crippen molar-refractivity contribution in [1.82, 2.24) is 0 Å². The van der Waals surface area contributed by atoms with Crippen molar-refractivity contribution < 1.29 is 4.74 Å². The minimum Gasteiger partial charge on any atom is -0.458 e. The fourth-order valence-electron chi connectivity index (χ4n) is 6.17. The van der Waals surface area contributed by atoms with Gasteiger partial charge in [0.25, 0.3) is 0 Å². The Morgan fingerprint density at radius 3 is 1.45 bits per heavy atom. The fourth-order valence-corrected chi connectivity index (χ4v) is 9.12. The number of hydrogen-bond acceptors (Lipinski definition) is 2. The van der Waals surface area contributed by atoms with Gasteiger partial charge in [0.1, 0.15) is 19.6 Å². The van der Waals surface area contributed by atoms with Gasteiger partial charge in [0.05, 0.1) is 0 Å². The lowest BCUT2D eigenvalue weighted by atomic mass is 9.47. The Hall–Kier alpha value is -3.24. The Morgan fingerprint density at radius 1 is 0.605 bits per heavy atom. The molecular formula is C34H38BNOSi. The van der Waals surface area contributed by atoms with E-state index in [9.17, 15) is 0 Å². The molecule has 0 radical (unpaired) electrons. The molecule has 0 unspecified atom stereocenters. The number of hydrogen-bond donors (Lipinski definition) is 0. The quantitative estimate of drug-likeness (QED) is 0.270. The zero-order valence-electron chi connectivity index (χ0n) is 24.0. The summed E-state index contributed by atoms with van der Waals surface area (Å²) in [6, 6.07) is 31.7. The smallest absolute Gasteiger partial charge is 0.335 e. The summed E-state index contributed by atoms with van der Waals surface area (Å²) in [4.78, 5) is 2.65. The van der Waals surface area contributed by atoms with Crippen LogP contribution in [-0.4, -0.2) is 14.9 Å². The van der Waals surface area contributed by atoms with Crippen LogP contribution in [0.25, 0.3) is 0 Å². The van der Waals surface area contributed by atoms with Crippen LogP contribution >= 0.6 is 0 Å². The molecule has 0 amide bonds. The van der Waals surface area contributed by atoms with Crippen LogP contribution < -0.4 is 30.8 Å². The standard InChI is InChI=1S/C34H38BNOSi/c1-33(2,3)23-17-19-31-27(21-23)36(28-22-24(34(4,5)6)18-20-32(28)38(31,7)8)35-25-13-9-11-15-29(25)37-30-16-12-10-14-26(30)35/h9-22H,1-8H3. The van der Waals surface area contributed by atoms with Crippen molar-refractivity contribution in [2.75, 3.05) is 4.81 Å². The normalized spacial score (nSPS) is 15.7. The highest BCUT2D eigenvalue weighted by molar-refractivity contribution is 7.04. The number of fused-ring (bicyclic) bond motifs is 4. The summed E-state index contributed by atoms with van der Waals surface area (Å²) in [5, 5.41) is 3.01. The van der Waals surface area contributed by atoms with Gasteiger partial charge in [-0.3, -0.25) is 0 Å². The Balaban J connectivity index is 1.72. The molecule has 0 N–H and O–H groups in total. The number of anilines is 2. The van der Waals surface area contributed by atoms with Crippen LogP contribution in [0.3, 0.4) is 0 Å². The lowest BCUT2D eigenvalue weighted by Crippen LogP contribution is -2.66. The molecule has 2 aliphatic rings. The molecule has 0 fully saturated rings. The van der Waals surface area contributed by atoms with E-state index in [4.69, 9.17) is 4.74 Å². The lowest BCUT2D eigenvalue weighted by molar-refractivity contribution is 0.487. The highest BCUT2D eigenvalue weighted by atomic mass is 28.3. The van der Waals surface area contributed by atoms with Gasteiger partial charge in [0.2, 0.25) is 0 Å². The average Bonchev–Trinajstić information content (AvgIpc) is 2.86. The first-order chi connectivity index (χ1) is 17.9. The monoisotopic (exact) mass is 515 g/mol. The van der Waals surface area contributed by atoms with Crippen LogP contribution in [0, 0.1) is 0 Å². The lowest BCUT2D eigenvalue weighted by Gasteiger charge is -2.46. The molecule has 2 aliphatic heterocycles. The van der Waals surface area contributed by atoms with Gasteiger partial charge in [-0.2, -0.15) is 0 Å². The first-order valence-corrected chi connectivity index (χ1v) is 16.8. The van der Waals surface area contributed by atoms with E-state index in [2.05, 4.69) is 144 Å². The van der Waals surface area contributed by atoms with E-state index < -0.39 is 8.07 Å². The Morgan fingerprint density at radius 2 is 1.03 bits per heavy atom. The third kappa shape index (κ3) is 3.84. The maximum Gasteiger partial charge on any atom is 0.335 e. The molecular weight excluding hydrogens is 477 g/mol. The van der Waals surface area contributed by atoms with Crippen molar-refractivity contribution >= 4 is 47.6 Å². The topological polar surface area (TPSA) is 12.5 Å². The maximum absolute atomic E-state index is 6.45. The molecule has 4 heteroatoms. The molecule has 2 heterocycles. The predicted octanol–water partition coefficient (Wildman–Crippen LogP) is 6.47. The van der Waals surface area contributed by atoms with Crippen LogP contribution in [0.2, 0.25) is 13.1 Å². The van der Waals surface area contributed by atoms with Crippen molar-refractivity contribution in [3.63, 3.8) is 0 Å². The molecule has 6 rings (SSSR count). The number of para-hydroxylation sites is 2. The largest absolute Gasteiger partial charge is 0.458 e. The van der Waals surface area contributed by atoms with Gasteiger partial charge in [-0.05, 0) is 67.5 Å². The highest BCUT2D eigenvalue weighted by Gasteiger charge is 2.45. The van der Waals surface area contributed by atoms with Crippen LogP contribution in [0.15, 0.2) is 84.9 Å². The minimum absolute atomic E-state index is 0.0178. The second-order valence-corrected chi connectivity index (χ2v) is 17.9. The maximum atomic E-state index is 6.45. The summed E-state index contributed by atoms with van der Waals surface area (Å²) in [7, 11) is -1.96. The number of benzene rings is 4. The molecule has 0 bridgehead atoms. The zero-order valence-corrected chi connectivity index (χ0v) is 25.0. The van der Waals surface area contributed by atoms with Gasteiger partial charge < -0.3 is 9.55 Å². The van der Waals surface area contributed by atoms with Crippen molar-refractivity contribution in [2.45, 2.75) is 65.5 Å². The molecule has 0 aliphatic carbocycles. The van der Waals surface area contributed by atoms with Crippen LogP contribution in [-0.2, 0) is 10.8 Å². The third-order valence-corrected chi connectivity index (χ3v) is 12.0. The first kappa shape index (κ1) is 25.1. The van der Waals surface area contributed by atoms with E-state index in [0.717, 1.165) is 11.5 Å². The Kier molecular flexibility index (Phi) is 5.53. The summed E-state index contributed by atoms with van der Waals surface area (Å²) < 4.78 is 6.45. The average molecular weight is 516 g/mol. The van der Waals surface area contributed by atoms with Crippen molar-refractivity contribution in [3.05, 3.63) is 96.1 Å². The summed E-state index contributed by atoms with van der Waals surface area (Å²) in [6.45, 7) is 18.9. The van der Waals surface area contributed by atoms with E-state index in [1.165, 1.54) is 43.8 Å². The molecule has 0 atom stereocenters. The molecule has 0 saturated heterocycles. The third-order valence-electron chi connectivity index (χ3n) is 8.50. The minimum atomic E-state index is -1.96. The first-order valence-electron chi connectivity index (χ1n) is 13.8. The van der Waals surface area contributed by atoms with Crippen LogP contribution in [0.5, 0.6) is 11.5 Å². The summed E-state index contributed by atoms with van der Waals surface area (Å²) >= 11 is 0. The van der Waals surface area contributed by atoms with E-state index in [1.54, 1.807) is 0 Å². The van der Waals surface area contributed by atoms with E-state index in [0.29, 0.717) is 0 Å². The molecule has 0 saturated carbocycles. The summed E-state index contributed by atoms with van der Waals surface area (Å²) in [5.74, 6) is 1.89. The zero-order chi connectivity index (χ0) is 27.0. The van der Waals surface area contributed by atoms with Gasteiger partial charge in [-0.1, -0.05) is 115 Å². The van der Waals surface area contributed by atoms with Gasteiger partial charge in [-0.15, -0.1) is 0 Å². The summed E-state index contributed by atoms with van der Waals surface area (Å²) in [5.41, 5.74) is 7.99. The van der Waals surface area contributed by atoms with Crippen molar-refractivity contribution in [1.29, 1.82) is 0 Å². The van der Waals surface area contributed by atoms with Crippen molar-refractivity contribution in [2.24, 2.45) is 0 Å². The van der Waals surface area contributed by atoms with Gasteiger partial charge in [-0.25, -0.2) is 0 Å². The second kappa shape index (κ2) is 8.38. The van der Waals surface area contributed by atoms with Gasteiger partial charge >= 0.3 is 6.85 Å². The predicted molar refractivity (Wildman–Crippen MR) is 167 cm³/mol. The molecule has 4 aromatic carbocycles. The molecule has 0 spiro atoms. The summed E-state index contributed by atoms with van der Waals surface area (Å²) in [6.07, 6.45) is 0. The molecule has 4 aromatic rings. The number of rotatable bonds is 1. The van der Waals surface area contributed by atoms with Gasteiger partial charge in [0, 0.05) is 11.4 Å². The Labute approximate surface area is 229 Å². The van der Waals surface area contributed by atoms with Crippen LogP contribution in [0.1, 0.15) is 52.7 Å². The van der Waals surface area contributed by atoms with Crippen molar-refractivity contribution in [3.8, 4) is 11.5 Å². The van der Waals surface area contributed by atoms with E-state index in [-0.39, 0.29) is 17.7 Å². The molecule has 192 valence electrons. The molecule has 0 aromatic heterocycles. The number of nitrogens with zero attached hydrogens (tertiary/aromatic N) is 1. The number of ether oxygens (including phenoxy) is 1. The molecule has 2 nitrogen and oxygen atoms in total. The SMILES string of the molecule is CC(C)(C)c1ccc2c(c1)N(B1c3ccccc3Oc3ccccc31)c1cc(C(C)(C)C)ccc1[Si]2(C)C. The highest BCUT2D eigenvalue weighted by Crippen LogP contribution is 2.39. The van der Waals surface area contributed by atoms with E-state index >= 15 is 0 Å². The van der Waals surface area contributed by atoms with E-state index in [1.807, 2.05) is 0 Å². The second-order valence-electron chi connectivity index (χ2n) is 13.5. The fraction of sp³-hybridized carbons (Fsp3) is 0.294. The van der Waals surface area contributed by atoms with Crippen LogP contribution in [0.4, 0.5) is 11.4 Å². The van der Waals surface area contributed by atoms with Gasteiger partial charge in [0.15, 0.2) is 0 Å².